The number of H-pyrrole nitrogens is 1. The molecule has 3 aromatic rings. The zero-order chi connectivity index (χ0) is 19.8. The summed E-state index contributed by atoms with van der Waals surface area (Å²) in [6, 6.07) is 12.7. The molecule has 7 nitrogen and oxygen atoms in total. The van der Waals surface area contributed by atoms with Gasteiger partial charge < -0.3 is 15.0 Å². The lowest BCUT2D eigenvalue weighted by Crippen LogP contribution is -2.25. The number of rotatable bonds is 8. The van der Waals surface area contributed by atoms with Crippen LogP contribution in [0.4, 0.5) is 0 Å². The van der Waals surface area contributed by atoms with Crippen LogP contribution < -0.4 is 15.6 Å². The molecule has 0 radical (unpaired) electrons. The van der Waals surface area contributed by atoms with Gasteiger partial charge in [0.25, 0.3) is 5.56 Å². The summed E-state index contributed by atoms with van der Waals surface area (Å²) in [6.07, 6.45) is 3.39. The summed E-state index contributed by atoms with van der Waals surface area (Å²) in [5.74, 6) is 1.20. The fourth-order valence-electron chi connectivity index (χ4n) is 2.48. The first-order valence-electron chi connectivity index (χ1n) is 8.64. The maximum absolute atomic E-state index is 12.2. The zero-order valence-electron chi connectivity index (χ0n) is 15.3. The molecule has 8 heteroatoms. The monoisotopic (exact) mass is 396 g/mol. The fourth-order valence-corrected chi connectivity index (χ4v) is 3.32. The number of aromatic nitrogens is 3. The minimum absolute atomic E-state index is 0.0434. The van der Waals surface area contributed by atoms with Crippen LogP contribution in [-0.4, -0.2) is 28.0 Å². The maximum Gasteiger partial charge on any atom is 0.251 e. The summed E-state index contributed by atoms with van der Waals surface area (Å²) in [4.78, 5) is 35.1. The molecule has 0 aliphatic rings. The van der Waals surface area contributed by atoms with Crippen molar-refractivity contribution in [2.45, 2.75) is 23.9 Å². The van der Waals surface area contributed by atoms with E-state index in [0.29, 0.717) is 23.1 Å². The highest BCUT2D eigenvalue weighted by Gasteiger charge is 2.08. The number of hydrogen-bond donors (Lipinski definition) is 2. The molecule has 144 valence electrons. The Bertz CT molecular complexity index is 992. The molecule has 28 heavy (non-hydrogen) atoms. The second-order valence-electron chi connectivity index (χ2n) is 5.99. The van der Waals surface area contributed by atoms with Crippen molar-refractivity contribution in [2.75, 3.05) is 7.11 Å². The van der Waals surface area contributed by atoms with E-state index in [0.717, 1.165) is 16.9 Å². The first-order valence-corrected chi connectivity index (χ1v) is 9.62. The van der Waals surface area contributed by atoms with Crippen LogP contribution in [0.15, 0.2) is 64.8 Å². The highest BCUT2D eigenvalue weighted by Crippen LogP contribution is 2.21. The molecular weight excluding hydrogens is 376 g/mol. The predicted octanol–water partition coefficient (Wildman–Crippen LogP) is 2.32. The van der Waals surface area contributed by atoms with Gasteiger partial charge in [-0.2, -0.15) is 0 Å². The number of ether oxygens (including phenoxy) is 1. The minimum Gasteiger partial charge on any atom is -0.497 e. The molecular formula is C20H20N4O3S. The standard InChI is InChI=1S/C20H20N4O3S/c1-27-17-4-2-3-15(9-17)13-28-20-23-16(11-19(26)24-20)10-18(25)22-12-14-5-7-21-8-6-14/h2-9,11H,10,12-13H2,1H3,(H,22,25)(H,23,24,26). The van der Waals surface area contributed by atoms with Crippen LogP contribution in [0.25, 0.3) is 0 Å². The molecule has 2 N–H and O–H groups in total. The van der Waals surface area contributed by atoms with Crippen molar-refractivity contribution in [3.8, 4) is 5.75 Å². The molecule has 1 aromatic carbocycles. The van der Waals surface area contributed by atoms with Gasteiger partial charge in [0.05, 0.1) is 19.2 Å². The van der Waals surface area contributed by atoms with Crippen molar-refractivity contribution in [3.63, 3.8) is 0 Å². The lowest BCUT2D eigenvalue weighted by atomic mass is 10.2. The Morgan fingerprint density at radius 2 is 2.00 bits per heavy atom. The molecule has 0 aliphatic heterocycles. The number of carbonyl (C=O) groups excluding carboxylic acids is 1. The lowest BCUT2D eigenvalue weighted by molar-refractivity contribution is -0.120. The Kier molecular flexibility index (Phi) is 6.80. The molecule has 0 unspecified atom stereocenters. The van der Waals surface area contributed by atoms with Crippen LogP contribution in [-0.2, 0) is 23.5 Å². The van der Waals surface area contributed by atoms with Gasteiger partial charge in [0, 0.05) is 30.8 Å². The molecule has 0 spiro atoms. The number of aromatic amines is 1. The Hall–Kier alpha value is -3.13. The number of nitrogens with one attached hydrogen (secondary N) is 2. The van der Waals surface area contributed by atoms with Crippen molar-refractivity contribution < 1.29 is 9.53 Å². The number of pyridine rings is 1. The average Bonchev–Trinajstić information content (AvgIpc) is 2.71. The van der Waals surface area contributed by atoms with Crippen LogP contribution in [0.3, 0.4) is 0 Å². The zero-order valence-corrected chi connectivity index (χ0v) is 16.2. The molecule has 3 rings (SSSR count). The number of nitrogens with zero attached hydrogens (tertiary/aromatic N) is 2. The van der Waals surface area contributed by atoms with E-state index in [2.05, 4.69) is 20.3 Å². The van der Waals surface area contributed by atoms with E-state index in [-0.39, 0.29) is 17.9 Å². The number of methoxy groups -OCH3 is 1. The predicted molar refractivity (Wildman–Crippen MR) is 107 cm³/mol. The Morgan fingerprint density at radius 3 is 2.79 bits per heavy atom. The van der Waals surface area contributed by atoms with Gasteiger partial charge in [0.15, 0.2) is 5.16 Å². The SMILES string of the molecule is COc1cccc(CSc2nc(CC(=O)NCc3ccncc3)cc(=O)[nH]2)c1. The molecule has 0 saturated carbocycles. The average molecular weight is 396 g/mol. The number of benzene rings is 1. The van der Waals surface area contributed by atoms with Crippen LogP contribution in [0.1, 0.15) is 16.8 Å². The quantitative estimate of drug-likeness (QED) is 0.448. The van der Waals surface area contributed by atoms with Crippen LogP contribution in [0, 0.1) is 0 Å². The summed E-state index contributed by atoms with van der Waals surface area (Å²) in [6.45, 7) is 0.405. The van der Waals surface area contributed by atoms with Crippen molar-refractivity contribution in [3.05, 3.63) is 82.0 Å². The topological polar surface area (TPSA) is 97.0 Å². The van der Waals surface area contributed by atoms with E-state index < -0.39 is 0 Å². The van der Waals surface area contributed by atoms with Gasteiger partial charge >= 0.3 is 0 Å². The number of thioether (sulfide) groups is 1. The third-order valence-electron chi connectivity index (χ3n) is 3.86. The normalized spacial score (nSPS) is 10.5. The van der Waals surface area contributed by atoms with Crippen molar-refractivity contribution in [1.29, 1.82) is 0 Å². The molecule has 0 saturated heterocycles. The molecule has 0 bridgehead atoms. The maximum atomic E-state index is 12.2. The van der Waals surface area contributed by atoms with Crippen molar-refractivity contribution in [1.82, 2.24) is 20.3 Å². The van der Waals surface area contributed by atoms with Gasteiger partial charge in [0.1, 0.15) is 5.75 Å². The summed E-state index contributed by atoms with van der Waals surface area (Å²) in [5.41, 5.74) is 2.16. The van der Waals surface area contributed by atoms with Crippen LogP contribution in [0.5, 0.6) is 5.75 Å². The molecule has 2 aromatic heterocycles. The Labute approximate surface area is 166 Å². The number of carbonyl (C=O) groups is 1. The second-order valence-corrected chi connectivity index (χ2v) is 6.96. The summed E-state index contributed by atoms with van der Waals surface area (Å²) < 4.78 is 5.21. The summed E-state index contributed by atoms with van der Waals surface area (Å²) in [7, 11) is 1.62. The third kappa shape index (κ3) is 5.95. The van der Waals surface area contributed by atoms with E-state index in [1.807, 2.05) is 36.4 Å². The molecule has 0 aliphatic carbocycles. The van der Waals surface area contributed by atoms with Gasteiger partial charge in [-0.05, 0) is 35.4 Å². The van der Waals surface area contributed by atoms with Gasteiger partial charge in [-0.1, -0.05) is 23.9 Å². The minimum atomic E-state index is -0.278. The molecule has 0 fully saturated rings. The molecule has 0 atom stereocenters. The van der Waals surface area contributed by atoms with E-state index in [1.54, 1.807) is 19.5 Å². The summed E-state index contributed by atoms with van der Waals surface area (Å²) in [5, 5.41) is 3.30. The Morgan fingerprint density at radius 1 is 1.18 bits per heavy atom. The highest BCUT2D eigenvalue weighted by molar-refractivity contribution is 7.98. The number of hydrogen-bond acceptors (Lipinski definition) is 6. The van der Waals surface area contributed by atoms with Gasteiger partial charge in [-0.25, -0.2) is 4.98 Å². The first-order chi connectivity index (χ1) is 13.6. The third-order valence-corrected chi connectivity index (χ3v) is 4.81. The molecule has 1 amide bonds. The van der Waals surface area contributed by atoms with Gasteiger partial charge in [-0.3, -0.25) is 14.6 Å². The first kappa shape index (κ1) is 19.6. The second kappa shape index (κ2) is 9.70. The van der Waals surface area contributed by atoms with Crippen molar-refractivity contribution in [2.24, 2.45) is 0 Å². The van der Waals surface area contributed by atoms with Gasteiger partial charge in [0.2, 0.25) is 5.91 Å². The Balaban J connectivity index is 1.59. The van der Waals surface area contributed by atoms with E-state index in [9.17, 15) is 9.59 Å². The largest absolute Gasteiger partial charge is 0.497 e. The van der Waals surface area contributed by atoms with Crippen LogP contribution in [0.2, 0.25) is 0 Å². The lowest BCUT2D eigenvalue weighted by Gasteiger charge is -2.07. The fraction of sp³-hybridized carbons (Fsp3) is 0.200. The van der Waals surface area contributed by atoms with Crippen LogP contribution >= 0.6 is 11.8 Å². The van der Waals surface area contributed by atoms with Crippen molar-refractivity contribution >= 4 is 17.7 Å². The van der Waals surface area contributed by atoms with E-state index >= 15 is 0 Å². The van der Waals surface area contributed by atoms with E-state index in [1.165, 1.54) is 17.8 Å². The van der Waals surface area contributed by atoms with E-state index in [4.69, 9.17) is 4.74 Å². The highest BCUT2D eigenvalue weighted by atomic mass is 32.2. The number of amides is 1. The molecule has 2 heterocycles. The van der Waals surface area contributed by atoms with Gasteiger partial charge in [-0.15, -0.1) is 0 Å². The smallest absolute Gasteiger partial charge is 0.251 e. The summed E-state index contributed by atoms with van der Waals surface area (Å²) >= 11 is 1.40.